The molecule has 20 heavy (non-hydrogen) atoms. The molecule has 2 aliphatic carbocycles. The molecule has 2 atom stereocenters. The highest BCUT2D eigenvalue weighted by Gasteiger charge is 2.39. The van der Waals surface area contributed by atoms with Crippen molar-refractivity contribution in [3.05, 3.63) is 0 Å². The third-order valence-electron chi connectivity index (χ3n) is 4.84. The first-order valence-corrected chi connectivity index (χ1v) is 7.75. The molecule has 0 radical (unpaired) electrons. The van der Waals surface area contributed by atoms with Crippen LogP contribution in [0.3, 0.4) is 0 Å². The lowest BCUT2D eigenvalue weighted by molar-refractivity contribution is -0.141. The Morgan fingerprint density at radius 3 is 2.55 bits per heavy atom. The predicted molar refractivity (Wildman–Crippen MR) is 76.5 cm³/mol. The van der Waals surface area contributed by atoms with Crippen LogP contribution in [0.2, 0.25) is 0 Å². The highest BCUT2D eigenvalue weighted by Crippen LogP contribution is 2.43. The molecule has 0 aromatic carbocycles. The van der Waals surface area contributed by atoms with Gasteiger partial charge in [0.05, 0.1) is 6.42 Å². The van der Waals surface area contributed by atoms with E-state index >= 15 is 0 Å². The summed E-state index contributed by atoms with van der Waals surface area (Å²) in [6.45, 7) is 2.70. The summed E-state index contributed by atoms with van der Waals surface area (Å²) in [7, 11) is 0. The van der Waals surface area contributed by atoms with E-state index < -0.39 is 5.97 Å². The quantitative estimate of drug-likeness (QED) is 0.725. The van der Waals surface area contributed by atoms with Crippen LogP contribution in [-0.4, -0.2) is 29.7 Å². The van der Waals surface area contributed by atoms with Crippen LogP contribution < -0.4 is 10.6 Å². The number of urea groups is 1. The van der Waals surface area contributed by atoms with Gasteiger partial charge in [0.15, 0.2) is 0 Å². The van der Waals surface area contributed by atoms with Gasteiger partial charge in [0.1, 0.15) is 0 Å². The number of nitrogens with one attached hydrogen (secondary N) is 2. The number of carboxylic acid groups (broad SMARTS) is 1. The molecule has 5 nitrogen and oxygen atoms in total. The van der Waals surface area contributed by atoms with Crippen LogP contribution in [0.5, 0.6) is 0 Å². The lowest BCUT2D eigenvalue weighted by atomic mass is 9.66. The molecular formula is C15H26N2O3. The van der Waals surface area contributed by atoms with Gasteiger partial charge in [-0.2, -0.15) is 0 Å². The van der Waals surface area contributed by atoms with E-state index in [4.69, 9.17) is 5.11 Å². The van der Waals surface area contributed by atoms with Gasteiger partial charge in [0.25, 0.3) is 0 Å². The van der Waals surface area contributed by atoms with Crippen molar-refractivity contribution >= 4 is 12.0 Å². The zero-order chi connectivity index (χ0) is 14.6. The molecule has 0 spiro atoms. The van der Waals surface area contributed by atoms with Gasteiger partial charge < -0.3 is 15.7 Å². The molecule has 2 saturated carbocycles. The molecule has 2 rings (SSSR count). The predicted octanol–water partition coefficient (Wildman–Crippen LogP) is 2.51. The molecule has 0 saturated heterocycles. The Bertz CT molecular complexity index is 366. The first kappa shape index (κ1) is 15.1. The number of hydrogen-bond donors (Lipinski definition) is 3. The van der Waals surface area contributed by atoms with E-state index in [1.807, 2.05) is 0 Å². The number of carbonyl (C=O) groups excluding carboxylic acids is 1. The van der Waals surface area contributed by atoms with E-state index in [0.717, 1.165) is 32.1 Å². The van der Waals surface area contributed by atoms with Gasteiger partial charge >= 0.3 is 12.0 Å². The van der Waals surface area contributed by atoms with Gasteiger partial charge in [-0.25, -0.2) is 4.79 Å². The second kappa shape index (κ2) is 6.46. The molecule has 0 heterocycles. The number of hydrogen-bond acceptors (Lipinski definition) is 2. The Balaban J connectivity index is 1.72. The van der Waals surface area contributed by atoms with Crippen molar-refractivity contribution in [1.82, 2.24) is 10.6 Å². The van der Waals surface area contributed by atoms with E-state index in [2.05, 4.69) is 17.6 Å². The maximum atomic E-state index is 11.9. The fraction of sp³-hybridized carbons (Fsp3) is 0.867. The molecule has 3 N–H and O–H groups in total. The van der Waals surface area contributed by atoms with Crippen molar-refractivity contribution in [2.45, 2.75) is 64.3 Å². The van der Waals surface area contributed by atoms with Crippen LogP contribution in [0.1, 0.15) is 58.3 Å². The minimum Gasteiger partial charge on any atom is -0.481 e. The van der Waals surface area contributed by atoms with E-state index in [1.54, 1.807) is 0 Å². The summed E-state index contributed by atoms with van der Waals surface area (Å²) in [5.41, 5.74) is -0.205. The third kappa shape index (κ3) is 4.12. The van der Waals surface area contributed by atoms with Gasteiger partial charge in [0, 0.05) is 12.6 Å². The number of amides is 2. The highest BCUT2D eigenvalue weighted by molar-refractivity contribution is 5.74. The molecule has 0 aromatic heterocycles. The van der Waals surface area contributed by atoms with Gasteiger partial charge in [-0.15, -0.1) is 0 Å². The van der Waals surface area contributed by atoms with Crippen LogP contribution >= 0.6 is 0 Å². The van der Waals surface area contributed by atoms with Crippen LogP contribution in [0.4, 0.5) is 4.79 Å². The van der Waals surface area contributed by atoms with Gasteiger partial charge in [-0.1, -0.05) is 26.2 Å². The zero-order valence-electron chi connectivity index (χ0n) is 12.3. The van der Waals surface area contributed by atoms with E-state index in [0.29, 0.717) is 12.5 Å². The van der Waals surface area contributed by atoms with E-state index in [1.165, 1.54) is 12.8 Å². The van der Waals surface area contributed by atoms with Crippen molar-refractivity contribution in [2.24, 2.45) is 11.3 Å². The molecule has 5 heteroatoms. The average molecular weight is 282 g/mol. The topological polar surface area (TPSA) is 78.4 Å². The summed E-state index contributed by atoms with van der Waals surface area (Å²) in [4.78, 5) is 22.8. The zero-order valence-corrected chi connectivity index (χ0v) is 12.3. The molecule has 2 aliphatic rings. The highest BCUT2D eigenvalue weighted by atomic mass is 16.4. The monoisotopic (exact) mass is 282 g/mol. The van der Waals surface area contributed by atoms with Crippen molar-refractivity contribution in [3.63, 3.8) is 0 Å². The summed E-state index contributed by atoms with van der Waals surface area (Å²) >= 11 is 0. The molecular weight excluding hydrogens is 256 g/mol. The fourth-order valence-corrected chi connectivity index (χ4v) is 3.48. The Morgan fingerprint density at radius 2 is 2.00 bits per heavy atom. The Morgan fingerprint density at radius 1 is 1.25 bits per heavy atom. The number of carbonyl (C=O) groups is 2. The standard InChI is InChI=1S/C15H26N2O3/c1-11-4-2-5-12(8-11)17-14(20)16-10-15(6-3-7-15)9-13(18)19/h11-12H,2-10H2,1H3,(H,18,19)(H2,16,17,20). The summed E-state index contributed by atoms with van der Waals surface area (Å²) in [6.07, 6.45) is 7.56. The molecule has 114 valence electrons. The Kier molecular flexibility index (Phi) is 4.89. The van der Waals surface area contributed by atoms with Gasteiger partial charge in [0.2, 0.25) is 0 Å². The molecule has 2 unspecified atom stereocenters. The smallest absolute Gasteiger partial charge is 0.315 e. The summed E-state index contributed by atoms with van der Waals surface area (Å²) in [6, 6.07) is 0.135. The van der Waals surface area contributed by atoms with Gasteiger partial charge in [-0.3, -0.25) is 4.79 Å². The summed E-state index contributed by atoms with van der Waals surface area (Å²) < 4.78 is 0. The normalized spacial score (nSPS) is 28.2. The lowest BCUT2D eigenvalue weighted by Gasteiger charge is -2.41. The summed E-state index contributed by atoms with van der Waals surface area (Å²) in [5, 5.41) is 14.8. The van der Waals surface area contributed by atoms with Crippen molar-refractivity contribution in [2.75, 3.05) is 6.54 Å². The molecule has 0 aromatic rings. The molecule has 0 aliphatic heterocycles. The fourth-order valence-electron chi connectivity index (χ4n) is 3.48. The number of carboxylic acids is 1. The molecule has 2 fully saturated rings. The first-order valence-electron chi connectivity index (χ1n) is 7.75. The maximum absolute atomic E-state index is 11.9. The minimum atomic E-state index is -0.770. The molecule has 2 amide bonds. The molecule has 0 bridgehead atoms. The number of rotatable bonds is 5. The third-order valence-corrected chi connectivity index (χ3v) is 4.84. The first-order chi connectivity index (χ1) is 9.49. The lowest BCUT2D eigenvalue weighted by Crippen LogP contribution is -2.49. The van der Waals surface area contributed by atoms with Crippen molar-refractivity contribution in [1.29, 1.82) is 0 Å². The number of aliphatic carboxylic acids is 1. The second-order valence-electron chi connectivity index (χ2n) is 6.72. The average Bonchev–Trinajstić information content (AvgIpc) is 2.32. The van der Waals surface area contributed by atoms with Crippen LogP contribution in [0, 0.1) is 11.3 Å². The van der Waals surface area contributed by atoms with Gasteiger partial charge in [-0.05, 0) is 37.0 Å². The largest absolute Gasteiger partial charge is 0.481 e. The van der Waals surface area contributed by atoms with Crippen molar-refractivity contribution < 1.29 is 14.7 Å². The van der Waals surface area contributed by atoms with Crippen LogP contribution in [0.15, 0.2) is 0 Å². The van der Waals surface area contributed by atoms with Crippen LogP contribution in [-0.2, 0) is 4.79 Å². The van der Waals surface area contributed by atoms with Crippen molar-refractivity contribution in [3.8, 4) is 0 Å². The maximum Gasteiger partial charge on any atom is 0.315 e. The SMILES string of the molecule is CC1CCCC(NC(=O)NCC2(CC(=O)O)CCC2)C1. The minimum absolute atomic E-state index is 0.138. The second-order valence-corrected chi connectivity index (χ2v) is 6.72. The van der Waals surface area contributed by atoms with Crippen LogP contribution in [0.25, 0.3) is 0 Å². The Labute approximate surface area is 120 Å². The van der Waals surface area contributed by atoms with E-state index in [-0.39, 0.29) is 23.9 Å². The Hall–Kier alpha value is -1.26. The van der Waals surface area contributed by atoms with E-state index in [9.17, 15) is 9.59 Å². The summed E-state index contributed by atoms with van der Waals surface area (Å²) in [5.74, 6) is -0.0907.